The van der Waals surface area contributed by atoms with Gasteiger partial charge >= 0.3 is 0 Å². The highest BCUT2D eigenvalue weighted by molar-refractivity contribution is 5.89. The Morgan fingerprint density at radius 3 is 2.46 bits per heavy atom. The Balaban J connectivity index is 1.71. The molecule has 0 unspecified atom stereocenters. The van der Waals surface area contributed by atoms with Gasteiger partial charge < -0.3 is 20.6 Å². The van der Waals surface area contributed by atoms with E-state index in [1.807, 2.05) is 4.90 Å². The first-order valence-corrected chi connectivity index (χ1v) is 9.85. The molecule has 3 amide bonds. The number of carbonyl (C=O) groups is 3. The van der Waals surface area contributed by atoms with Crippen LogP contribution >= 0.6 is 0 Å². The van der Waals surface area contributed by atoms with Gasteiger partial charge in [0.25, 0.3) is 0 Å². The van der Waals surface area contributed by atoms with Crippen molar-refractivity contribution in [2.45, 2.75) is 70.6 Å². The van der Waals surface area contributed by atoms with Crippen molar-refractivity contribution in [2.24, 2.45) is 23.5 Å². The highest BCUT2D eigenvalue weighted by Crippen LogP contribution is 2.37. The van der Waals surface area contributed by atoms with Crippen LogP contribution in [0.4, 0.5) is 0 Å². The maximum atomic E-state index is 12.9. The van der Waals surface area contributed by atoms with Crippen LogP contribution in [0.5, 0.6) is 0 Å². The molecular weight excluding hydrogens is 334 g/mol. The smallest absolute Gasteiger partial charge is 0.242 e. The number of carbonyl (C=O) groups excluding carboxylic acids is 3. The molecule has 2 aliphatic heterocycles. The highest BCUT2D eigenvalue weighted by Gasteiger charge is 2.50. The number of rotatable bonds is 4. The summed E-state index contributed by atoms with van der Waals surface area (Å²) in [5.41, 5.74) is 5.61. The summed E-state index contributed by atoms with van der Waals surface area (Å²) in [7, 11) is 0. The Labute approximate surface area is 154 Å². The van der Waals surface area contributed by atoms with E-state index in [1.54, 1.807) is 4.90 Å². The van der Waals surface area contributed by atoms with Crippen molar-refractivity contribution in [2.75, 3.05) is 13.1 Å². The average molecular weight is 365 g/mol. The molecule has 146 valence electrons. The number of nitrogens with zero attached hydrogens (tertiary/aromatic N) is 2. The van der Waals surface area contributed by atoms with Crippen LogP contribution in [-0.4, -0.2) is 63.9 Å². The molecule has 0 aromatic rings. The quantitative estimate of drug-likeness (QED) is 0.757. The molecule has 7 heteroatoms. The molecule has 2 heterocycles. The summed E-state index contributed by atoms with van der Waals surface area (Å²) in [5, 5.41) is 9.64. The van der Waals surface area contributed by atoms with Gasteiger partial charge in [0, 0.05) is 18.5 Å². The minimum Gasteiger partial charge on any atom is -0.393 e. The van der Waals surface area contributed by atoms with E-state index in [4.69, 9.17) is 5.73 Å². The molecule has 0 bridgehead atoms. The van der Waals surface area contributed by atoms with Crippen LogP contribution in [0.15, 0.2) is 0 Å². The summed E-state index contributed by atoms with van der Waals surface area (Å²) < 4.78 is 0. The predicted molar refractivity (Wildman–Crippen MR) is 95.7 cm³/mol. The van der Waals surface area contributed by atoms with Crippen molar-refractivity contribution in [3.05, 3.63) is 0 Å². The van der Waals surface area contributed by atoms with Gasteiger partial charge in [0.05, 0.1) is 24.6 Å². The van der Waals surface area contributed by atoms with Crippen LogP contribution < -0.4 is 5.73 Å². The monoisotopic (exact) mass is 365 g/mol. The maximum absolute atomic E-state index is 12.9. The number of nitrogens with two attached hydrogens (primary N) is 1. The molecule has 3 fully saturated rings. The lowest BCUT2D eigenvalue weighted by atomic mass is 9.86. The second-order valence-electron chi connectivity index (χ2n) is 8.62. The van der Waals surface area contributed by atoms with Crippen LogP contribution in [-0.2, 0) is 14.4 Å². The number of hydrogen-bond acceptors (Lipinski definition) is 4. The van der Waals surface area contributed by atoms with E-state index in [9.17, 15) is 19.5 Å². The maximum Gasteiger partial charge on any atom is 0.242 e. The minimum absolute atomic E-state index is 0.0211. The highest BCUT2D eigenvalue weighted by atomic mass is 16.3. The Kier molecular flexibility index (Phi) is 5.55. The fraction of sp³-hybridized carbons (Fsp3) is 0.842. The third kappa shape index (κ3) is 3.72. The zero-order chi connectivity index (χ0) is 19.0. The number of aliphatic hydroxyl groups excluding tert-OH is 1. The van der Waals surface area contributed by atoms with E-state index in [0.29, 0.717) is 44.6 Å². The van der Waals surface area contributed by atoms with E-state index in [0.717, 1.165) is 6.42 Å². The first-order valence-electron chi connectivity index (χ1n) is 9.85. The third-order valence-corrected chi connectivity index (χ3v) is 6.22. The third-order valence-electron chi connectivity index (χ3n) is 6.22. The second-order valence-corrected chi connectivity index (χ2v) is 8.62. The van der Waals surface area contributed by atoms with Gasteiger partial charge in [0.2, 0.25) is 17.7 Å². The summed E-state index contributed by atoms with van der Waals surface area (Å²) in [6, 6.07) is -0.261. The first-order chi connectivity index (χ1) is 12.3. The van der Waals surface area contributed by atoms with Crippen LogP contribution in [0, 0.1) is 17.8 Å². The summed E-state index contributed by atoms with van der Waals surface area (Å²) in [6.45, 7) is 4.73. The van der Waals surface area contributed by atoms with Crippen molar-refractivity contribution < 1.29 is 19.5 Å². The molecule has 0 spiro atoms. The largest absolute Gasteiger partial charge is 0.393 e. The van der Waals surface area contributed by atoms with E-state index in [2.05, 4.69) is 13.8 Å². The summed E-state index contributed by atoms with van der Waals surface area (Å²) in [5.74, 6) is -0.463. The number of fused-ring (bicyclic) bond motifs is 1. The van der Waals surface area contributed by atoms with Crippen LogP contribution in [0.3, 0.4) is 0 Å². The molecule has 1 saturated carbocycles. The lowest BCUT2D eigenvalue weighted by Gasteiger charge is -2.41. The van der Waals surface area contributed by atoms with Gasteiger partial charge in [0.1, 0.15) is 0 Å². The Hall–Kier alpha value is -1.63. The molecule has 2 saturated heterocycles. The van der Waals surface area contributed by atoms with Crippen molar-refractivity contribution in [1.82, 2.24) is 9.80 Å². The number of piperazine rings is 1. The Bertz CT molecular complexity index is 571. The van der Waals surface area contributed by atoms with Crippen molar-refractivity contribution in [3.63, 3.8) is 0 Å². The zero-order valence-corrected chi connectivity index (χ0v) is 15.8. The molecule has 3 rings (SSSR count). The van der Waals surface area contributed by atoms with Gasteiger partial charge in [-0.25, -0.2) is 0 Å². The number of aliphatic hydroxyl groups is 1. The number of primary amides is 1. The molecule has 0 radical (unpaired) electrons. The molecule has 7 nitrogen and oxygen atoms in total. The second kappa shape index (κ2) is 7.55. The summed E-state index contributed by atoms with van der Waals surface area (Å²) >= 11 is 0. The topological polar surface area (TPSA) is 104 Å². The lowest BCUT2D eigenvalue weighted by Crippen LogP contribution is -2.58. The van der Waals surface area contributed by atoms with E-state index in [1.165, 1.54) is 0 Å². The van der Waals surface area contributed by atoms with Gasteiger partial charge in [-0.2, -0.15) is 0 Å². The predicted octanol–water partition coefficient (Wildman–Crippen LogP) is 0.497. The normalized spacial score (nSPS) is 34.9. The first kappa shape index (κ1) is 19.1. The van der Waals surface area contributed by atoms with Crippen LogP contribution in [0.1, 0.15) is 52.4 Å². The van der Waals surface area contributed by atoms with E-state index < -0.39 is 0 Å². The summed E-state index contributed by atoms with van der Waals surface area (Å²) in [6.07, 6.45) is 3.65. The zero-order valence-electron chi connectivity index (χ0n) is 15.8. The summed E-state index contributed by atoms with van der Waals surface area (Å²) in [4.78, 5) is 41.1. The van der Waals surface area contributed by atoms with Gasteiger partial charge in [-0.05, 0) is 44.4 Å². The SMILES string of the molecule is CC(C)C[C@@H]1[C@H](C(N)=O)C[C@@H]2CN(C(=O)C3CCC(O)CC3)CC(=O)N21. The Morgan fingerprint density at radius 1 is 1.23 bits per heavy atom. The Morgan fingerprint density at radius 2 is 1.88 bits per heavy atom. The molecule has 3 atom stereocenters. The van der Waals surface area contributed by atoms with Gasteiger partial charge in [0.15, 0.2) is 0 Å². The van der Waals surface area contributed by atoms with E-state index >= 15 is 0 Å². The molecule has 1 aliphatic carbocycles. The van der Waals surface area contributed by atoms with Crippen molar-refractivity contribution >= 4 is 17.7 Å². The van der Waals surface area contributed by atoms with Crippen molar-refractivity contribution in [1.29, 1.82) is 0 Å². The standard InChI is InChI=1S/C19H31N3O4/c1-11(2)7-16-15(18(20)25)8-13-9-21(10-17(24)22(13)16)19(26)12-3-5-14(23)6-4-12/h11-16,23H,3-10H2,1-2H3,(H2,20,25)/t12?,13-,14?,15-,16-/m1/s1. The average Bonchev–Trinajstić information content (AvgIpc) is 2.93. The van der Waals surface area contributed by atoms with E-state index in [-0.39, 0.29) is 54.3 Å². The minimum atomic E-state index is -0.350. The fourth-order valence-electron chi connectivity index (χ4n) is 4.96. The van der Waals surface area contributed by atoms with Crippen LogP contribution in [0.2, 0.25) is 0 Å². The molecule has 3 aliphatic rings. The molecule has 3 N–H and O–H groups in total. The number of amides is 3. The number of hydrogen-bond donors (Lipinski definition) is 2. The van der Waals surface area contributed by atoms with Gasteiger partial charge in [-0.3, -0.25) is 14.4 Å². The molecule has 0 aromatic heterocycles. The van der Waals surface area contributed by atoms with Gasteiger partial charge in [-0.15, -0.1) is 0 Å². The fourth-order valence-corrected chi connectivity index (χ4v) is 4.96. The molecule has 26 heavy (non-hydrogen) atoms. The lowest BCUT2D eigenvalue weighted by molar-refractivity contribution is -0.152. The molecule has 0 aromatic carbocycles. The van der Waals surface area contributed by atoms with Crippen molar-refractivity contribution in [3.8, 4) is 0 Å². The van der Waals surface area contributed by atoms with Gasteiger partial charge in [-0.1, -0.05) is 13.8 Å². The van der Waals surface area contributed by atoms with Crippen LogP contribution in [0.25, 0.3) is 0 Å². The molecular formula is C19H31N3O4.